The standard InChI is InChI=1S/C17H22O2Si/c1-18-16-8-5-7-14(13-16)17(20(2,3)4)11-10-15-9-6-12-19-15/h5-13,17H,1-4H3/b11-10+. The van der Waals surface area contributed by atoms with Crippen molar-refractivity contribution >= 4 is 14.1 Å². The Labute approximate surface area is 122 Å². The SMILES string of the molecule is COc1cccc(C(/C=C/c2ccco2)[Si](C)(C)C)c1. The number of rotatable bonds is 5. The summed E-state index contributed by atoms with van der Waals surface area (Å²) in [7, 11) is 0.329. The Kier molecular flexibility index (Phi) is 4.50. The third-order valence-electron chi connectivity index (χ3n) is 3.38. The van der Waals surface area contributed by atoms with E-state index in [1.165, 1.54) is 5.56 Å². The first-order valence-corrected chi connectivity index (χ1v) is 10.4. The first-order chi connectivity index (χ1) is 9.50. The maximum absolute atomic E-state index is 5.38. The molecule has 20 heavy (non-hydrogen) atoms. The van der Waals surface area contributed by atoms with Crippen LogP contribution in [0.1, 0.15) is 16.9 Å². The lowest BCUT2D eigenvalue weighted by Gasteiger charge is -2.27. The fraction of sp³-hybridized carbons (Fsp3) is 0.294. The molecule has 0 bridgehead atoms. The van der Waals surface area contributed by atoms with Gasteiger partial charge in [0.2, 0.25) is 0 Å². The first kappa shape index (κ1) is 14.7. The van der Waals surface area contributed by atoms with E-state index >= 15 is 0 Å². The van der Waals surface area contributed by atoms with Crippen molar-refractivity contribution in [2.45, 2.75) is 25.2 Å². The molecular formula is C17H22O2Si. The van der Waals surface area contributed by atoms with E-state index < -0.39 is 8.07 Å². The molecule has 3 heteroatoms. The summed E-state index contributed by atoms with van der Waals surface area (Å²) in [6.45, 7) is 7.14. The summed E-state index contributed by atoms with van der Waals surface area (Å²) in [6, 6.07) is 12.2. The van der Waals surface area contributed by atoms with Gasteiger partial charge in [0.1, 0.15) is 11.5 Å². The smallest absolute Gasteiger partial charge is 0.126 e. The minimum atomic E-state index is -1.38. The topological polar surface area (TPSA) is 22.4 Å². The van der Waals surface area contributed by atoms with Crippen molar-refractivity contribution < 1.29 is 9.15 Å². The van der Waals surface area contributed by atoms with Crippen LogP contribution in [-0.2, 0) is 0 Å². The molecule has 0 amide bonds. The van der Waals surface area contributed by atoms with E-state index in [4.69, 9.17) is 9.15 Å². The quantitative estimate of drug-likeness (QED) is 0.725. The second-order valence-corrected chi connectivity index (χ2v) is 11.3. The average Bonchev–Trinajstić information content (AvgIpc) is 2.91. The lowest BCUT2D eigenvalue weighted by molar-refractivity contribution is 0.414. The van der Waals surface area contributed by atoms with Crippen LogP contribution in [-0.4, -0.2) is 15.2 Å². The van der Waals surface area contributed by atoms with Crippen molar-refractivity contribution in [3.63, 3.8) is 0 Å². The molecule has 1 unspecified atom stereocenters. The van der Waals surface area contributed by atoms with Gasteiger partial charge < -0.3 is 9.15 Å². The zero-order chi connectivity index (χ0) is 14.6. The molecule has 1 aromatic carbocycles. The Hall–Kier alpha value is -1.74. The Morgan fingerprint density at radius 3 is 2.55 bits per heavy atom. The Morgan fingerprint density at radius 1 is 1.15 bits per heavy atom. The number of methoxy groups -OCH3 is 1. The normalized spacial score (nSPS) is 13.6. The van der Waals surface area contributed by atoms with Gasteiger partial charge in [-0.15, -0.1) is 0 Å². The van der Waals surface area contributed by atoms with Gasteiger partial charge in [-0.25, -0.2) is 0 Å². The molecule has 0 saturated carbocycles. The van der Waals surface area contributed by atoms with Gasteiger partial charge in [0.25, 0.3) is 0 Å². The van der Waals surface area contributed by atoms with Gasteiger partial charge in [0, 0.05) is 0 Å². The lowest BCUT2D eigenvalue weighted by Crippen LogP contribution is -2.29. The van der Waals surface area contributed by atoms with Crippen LogP contribution in [0.15, 0.2) is 53.2 Å². The zero-order valence-corrected chi connectivity index (χ0v) is 13.6. The van der Waals surface area contributed by atoms with Crippen molar-refractivity contribution in [2.75, 3.05) is 7.11 Å². The molecule has 0 aliphatic heterocycles. The van der Waals surface area contributed by atoms with Crippen LogP contribution in [0.4, 0.5) is 0 Å². The largest absolute Gasteiger partial charge is 0.497 e. The Balaban J connectivity index is 2.32. The fourth-order valence-electron chi connectivity index (χ4n) is 2.31. The van der Waals surface area contributed by atoms with Gasteiger partial charge in [-0.05, 0) is 41.4 Å². The summed E-state index contributed by atoms with van der Waals surface area (Å²) in [4.78, 5) is 0. The molecule has 0 aliphatic rings. The van der Waals surface area contributed by atoms with Gasteiger partial charge in [0.15, 0.2) is 0 Å². The van der Waals surface area contributed by atoms with Crippen LogP contribution in [0.2, 0.25) is 19.6 Å². The lowest BCUT2D eigenvalue weighted by atomic mass is 10.1. The third kappa shape index (κ3) is 3.64. The highest BCUT2D eigenvalue weighted by Gasteiger charge is 2.26. The summed E-state index contributed by atoms with van der Waals surface area (Å²) in [5.41, 5.74) is 1.74. The number of benzene rings is 1. The van der Waals surface area contributed by atoms with Crippen LogP contribution in [0.25, 0.3) is 6.08 Å². The number of furan rings is 1. The monoisotopic (exact) mass is 286 g/mol. The Morgan fingerprint density at radius 2 is 1.95 bits per heavy atom. The molecule has 0 spiro atoms. The Bertz CT molecular complexity index is 565. The number of ether oxygens (including phenoxy) is 1. The van der Waals surface area contributed by atoms with E-state index in [-0.39, 0.29) is 0 Å². The number of hydrogen-bond donors (Lipinski definition) is 0. The first-order valence-electron chi connectivity index (χ1n) is 6.86. The highest BCUT2D eigenvalue weighted by molar-refractivity contribution is 6.78. The molecule has 0 aliphatic carbocycles. The van der Waals surface area contributed by atoms with Gasteiger partial charge in [-0.1, -0.05) is 37.8 Å². The molecule has 1 atom stereocenters. The maximum Gasteiger partial charge on any atom is 0.126 e. The molecule has 1 aromatic heterocycles. The fourth-order valence-corrected chi connectivity index (χ4v) is 4.17. The highest BCUT2D eigenvalue weighted by atomic mass is 28.3. The van der Waals surface area contributed by atoms with Crippen LogP contribution in [0, 0.1) is 0 Å². The van der Waals surface area contributed by atoms with Crippen molar-refractivity contribution in [1.82, 2.24) is 0 Å². The van der Waals surface area contributed by atoms with E-state index in [9.17, 15) is 0 Å². The van der Waals surface area contributed by atoms with Gasteiger partial charge in [-0.3, -0.25) is 0 Å². The maximum atomic E-state index is 5.38. The number of allylic oxidation sites excluding steroid dienone is 1. The van der Waals surface area contributed by atoms with Crippen LogP contribution < -0.4 is 4.74 Å². The molecule has 0 fully saturated rings. The summed E-state index contributed by atoms with van der Waals surface area (Å²) >= 11 is 0. The predicted octanol–water partition coefficient (Wildman–Crippen LogP) is 4.96. The summed E-state index contributed by atoms with van der Waals surface area (Å²) in [6.07, 6.45) is 6.04. The highest BCUT2D eigenvalue weighted by Crippen LogP contribution is 2.31. The molecule has 1 heterocycles. The molecule has 2 rings (SSSR count). The zero-order valence-electron chi connectivity index (χ0n) is 12.6. The van der Waals surface area contributed by atoms with E-state index in [1.807, 2.05) is 18.2 Å². The van der Waals surface area contributed by atoms with Gasteiger partial charge in [0.05, 0.1) is 21.4 Å². The third-order valence-corrected chi connectivity index (χ3v) is 5.77. The summed E-state index contributed by atoms with van der Waals surface area (Å²) in [5, 5.41) is 0. The van der Waals surface area contributed by atoms with Crippen molar-refractivity contribution in [1.29, 1.82) is 0 Å². The van der Waals surface area contributed by atoms with E-state index in [2.05, 4.69) is 50.0 Å². The van der Waals surface area contributed by atoms with E-state index in [0.717, 1.165) is 11.5 Å². The number of hydrogen-bond acceptors (Lipinski definition) is 2. The average molecular weight is 286 g/mol. The second-order valence-electron chi connectivity index (χ2n) is 5.99. The minimum absolute atomic E-state index is 0.433. The molecule has 0 N–H and O–H groups in total. The summed E-state index contributed by atoms with van der Waals surface area (Å²) < 4.78 is 10.7. The van der Waals surface area contributed by atoms with Crippen LogP contribution in [0.5, 0.6) is 5.75 Å². The molecule has 2 nitrogen and oxygen atoms in total. The van der Waals surface area contributed by atoms with Gasteiger partial charge >= 0.3 is 0 Å². The van der Waals surface area contributed by atoms with E-state index in [0.29, 0.717) is 5.54 Å². The van der Waals surface area contributed by atoms with Crippen molar-refractivity contribution in [3.8, 4) is 5.75 Å². The summed E-state index contributed by atoms with van der Waals surface area (Å²) in [5.74, 6) is 1.81. The van der Waals surface area contributed by atoms with E-state index in [1.54, 1.807) is 13.4 Å². The minimum Gasteiger partial charge on any atom is -0.497 e. The molecule has 0 saturated heterocycles. The molecule has 2 aromatic rings. The molecular weight excluding hydrogens is 264 g/mol. The van der Waals surface area contributed by atoms with Crippen molar-refractivity contribution in [2.24, 2.45) is 0 Å². The second kappa shape index (κ2) is 6.14. The van der Waals surface area contributed by atoms with Crippen LogP contribution >= 0.6 is 0 Å². The molecule has 0 radical (unpaired) electrons. The predicted molar refractivity (Wildman–Crippen MR) is 86.8 cm³/mol. The van der Waals surface area contributed by atoms with Crippen LogP contribution in [0.3, 0.4) is 0 Å². The van der Waals surface area contributed by atoms with Gasteiger partial charge in [-0.2, -0.15) is 0 Å². The molecule has 106 valence electrons. The van der Waals surface area contributed by atoms with Crippen molar-refractivity contribution in [3.05, 3.63) is 60.1 Å².